The minimum atomic E-state index is -1.37. The summed E-state index contributed by atoms with van der Waals surface area (Å²) >= 11 is 0. The van der Waals surface area contributed by atoms with Gasteiger partial charge in [0, 0.05) is 11.6 Å². The lowest BCUT2D eigenvalue weighted by Gasteiger charge is -2.14. The number of ether oxygens (including phenoxy) is 1. The van der Waals surface area contributed by atoms with E-state index < -0.39 is 30.2 Å². The predicted molar refractivity (Wildman–Crippen MR) is 67.9 cm³/mol. The summed E-state index contributed by atoms with van der Waals surface area (Å²) in [6.07, 6.45) is -1.37. The molecular weight excluding hydrogens is 283 g/mol. The second-order valence-corrected chi connectivity index (χ2v) is 4.22. The zero-order valence-electron chi connectivity index (χ0n) is 10.7. The van der Waals surface area contributed by atoms with Gasteiger partial charge in [0.1, 0.15) is 47.5 Å². The van der Waals surface area contributed by atoms with E-state index in [-0.39, 0.29) is 16.9 Å². The van der Waals surface area contributed by atoms with Crippen molar-refractivity contribution < 1.29 is 23.0 Å². The van der Waals surface area contributed by atoms with Crippen LogP contribution in [0, 0.1) is 28.8 Å². The van der Waals surface area contributed by atoms with E-state index in [1.54, 1.807) is 6.07 Å². The molecule has 0 bridgehead atoms. The van der Waals surface area contributed by atoms with Crippen molar-refractivity contribution in [2.45, 2.75) is 6.10 Å². The zero-order chi connectivity index (χ0) is 15.4. The van der Waals surface area contributed by atoms with E-state index in [1.165, 1.54) is 12.1 Å². The number of benzene rings is 2. The van der Waals surface area contributed by atoms with Crippen LogP contribution in [0.25, 0.3) is 0 Å². The van der Waals surface area contributed by atoms with Crippen LogP contribution in [0.2, 0.25) is 0 Å². The van der Waals surface area contributed by atoms with Crippen LogP contribution in [0.4, 0.5) is 13.2 Å². The molecule has 0 radical (unpaired) electrons. The lowest BCUT2D eigenvalue weighted by atomic mass is 10.1. The highest BCUT2D eigenvalue weighted by Gasteiger charge is 2.16. The summed E-state index contributed by atoms with van der Waals surface area (Å²) in [6.45, 7) is -0.402. The summed E-state index contributed by atoms with van der Waals surface area (Å²) in [7, 11) is 0. The minimum absolute atomic E-state index is 0.0564. The first kappa shape index (κ1) is 14.9. The van der Waals surface area contributed by atoms with Crippen LogP contribution in [-0.4, -0.2) is 11.7 Å². The Morgan fingerprint density at radius 1 is 1.14 bits per heavy atom. The van der Waals surface area contributed by atoms with Gasteiger partial charge in [0.25, 0.3) is 0 Å². The number of nitrogens with zero attached hydrogens (tertiary/aromatic N) is 1. The Bertz CT molecular complexity index is 698. The molecule has 21 heavy (non-hydrogen) atoms. The molecular formula is C15H10F3NO2. The first-order valence-corrected chi connectivity index (χ1v) is 5.97. The molecule has 1 atom stereocenters. The maximum atomic E-state index is 13.5. The molecule has 0 fully saturated rings. The third kappa shape index (κ3) is 3.33. The van der Waals surface area contributed by atoms with Crippen molar-refractivity contribution in [2.75, 3.05) is 6.61 Å². The molecule has 1 N–H and O–H groups in total. The third-order valence-electron chi connectivity index (χ3n) is 2.81. The van der Waals surface area contributed by atoms with Crippen LogP contribution in [0.3, 0.4) is 0 Å². The standard InChI is InChI=1S/C15H10F3NO2/c16-9-4-5-10(13(18)6-9)14(20)8-21-15-3-1-2-12(17)11(15)7-19/h1-6,14,20H,8H2. The maximum absolute atomic E-state index is 13.5. The van der Waals surface area contributed by atoms with Crippen LogP contribution >= 0.6 is 0 Å². The van der Waals surface area contributed by atoms with Crippen molar-refractivity contribution in [2.24, 2.45) is 0 Å². The van der Waals surface area contributed by atoms with Crippen LogP contribution < -0.4 is 4.74 Å². The number of aliphatic hydroxyl groups is 1. The Morgan fingerprint density at radius 3 is 2.57 bits per heavy atom. The zero-order valence-corrected chi connectivity index (χ0v) is 10.7. The summed E-state index contributed by atoms with van der Waals surface area (Å²) in [4.78, 5) is 0. The van der Waals surface area contributed by atoms with Gasteiger partial charge in [-0.15, -0.1) is 0 Å². The number of aliphatic hydroxyl groups excluding tert-OH is 1. The molecule has 0 heterocycles. The molecule has 108 valence electrons. The van der Waals surface area contributed by atoms with Gasteiger partial charge in [0.15, 0.2) is 0 Å². The molecule has 0 saturated heterocycles. The van der Waals surface area contributed by atoms with E-state index >= 15 is 0 Å². The van der Waals surface area contributed by atoms with Gasteiger partial charge in [0.05, 0.1) is 0 Å². The van der Waals surface area contributed by atoms with E-state index in [0.29, 0.717) is 6.07 Å². The van der Waals surface area contributed by atoms with Gasteiger partial charge in [-0.1, -0.05) is 12.1 Å². The Labute approximate surface area is 118 Å². The molecule has 2 aromatic rings. The molecule has 0 aliphatic heterocycles. The molecule has 2 rings (SSSR count). The Hall–Kier alpha value is -2.52. The van der Waals surface area contributed by atoms with Crippen LogP contribution in [0.5, 0.6) is 5.75 Å². The Kier molecular flexibility index (Phi) is 4.45. The number of nitriles is 1. The normalized spacial score (nSPS) is 11.8. The highest BCUT2D eigenvalue weighted by atomic mass is 19.1. The van der Waals surface area contributed by atoms with Crippen molar-refractivity contribution in [3.8, 4) is 11.8 Å². The highest BCUT2D eigenvalue weighted by Crippen LogP contribution is 2.23. The van der Waals surface area contributed by atoms with Gasteiger partial charge < -0.3 is 9.84 Å². The van der Waals surface area contributed by atoms with Gasteiger partial charge in [-0.05, 0) is 18.2 Å². The average Bonchev–Trinajstić information content (AvgIpc) is 2.44. The van der Waals surface area contributed by atoms with Crippen molar-refractivity contribution in [3.63, 3.8) is 0 Å². The lowest BCUT2D eigenvalue weighted by Crippen LogP contribution is -2.12. The average molecular weight is 293 g/mol. The monoisotopic (exact) mass is 293 g/mol. The van der Waals surface area contributed by atoms with Crippen LogP contribution in [0.15, 0.2) is 36.4 Å². The second-order valence-electron chi connectivity index (χ2n) is 4.22. The first-order chi connectivity index (χ1) is 10.0. The minimum Gasteiger partial charge on any atom is -0.489 e. The van der Waals surface area contributed by atoms with Gasteiger partial charge in [0.2, 0.25) is 0 Å². The predicted octanol–water partition coefficient (Wildman–Crippen LogP) is 3.09. The van der Waals surface area contributed by atoms with Gasteiger partial charge in [-0.3, -0.25) is 0 Å². The van der Waals surface area contributed by atoms with Gasteiger partial charge in [-0.2, -0.15) is 5.26 Å². The molecule has 0 amide bonds. The number of halogens is 3. The largest absolute Gasteiger partial charge is 0.489 e. The molecule has 0 aliphatic carbocycles. The third-order valence-corrected chi connectivity index (χ3v) is 2.81. The summed E-state index contributed by atoms with van der Waals surface area (Å²) in [5.74, 6) is -2.48. The molecule has 0 aromatic heterocycles. The number of hydrogen-bond donors (Lipinski definition) is 1. The van der Waals surface area contributed by atoms with Crippen molar-refractivity contribution in [1.29, 1.82) is 5.26 Å². The summed E-state index contributed by atoms with van der Waals surface area (Å²) in [5, 5.41) is 18.6. The van der Waals surface area contributed by atoms with E-state index in [0.717, 1.165) is 18.2 Å². The second kappa shape index (κ2) is 6.29. The van der Waals surface area contributed by atoms with Gasteiger partial charge >= 0.3 is 0 Å². The van der Waals surface area contributed by atoms with Gasteiger partial charge in [-0.25, -0.2) is 13.2 Å². The molecule has 0 aliphatic rings. The SMILES string of the molecule is N#Cc1c(F)cccc1OCC(O)c1ccc(F)cc1F. The van der Waals surface area contributed by atoms with E-state index in [2.05, 4.69) is 0 Å². The maximum Gasteiger partial charge on any atom is 0.144 e. The summed E-state index contributed by atoms with van der Waals surface area (Å²) in [5.41, 5.74) is -0.449. The van der Waals surface area contributed by atoms with Crippen LogP contribution in [0.1, 0.15) is 17.2 Å². The molecule has 0 saturated carbocycles. The molecule has 1 unspecified atom stereocenters. The van der Waals surface area contributed by atoms with E-state index in [1.807, 2.05) is 0 Å². The fourth-order valence-electron chi connectivity index (χ4n) is 1.76. The fourth-order valence-corrected chi connectivity index (χ4v) is 1.76. The molecule has 2 aromatic carbocycles. The van der Waals surface area contributed by atoms with E-state index in [4.69, 9.17) is 10.00 Å². The molecule has 0 spiro atoms. The smallest absolute Gasteiger partial charge is 0.144 e. The molecule has 6 heteroatoms. The summed E-state index contributed by atoms with van der Waals surface area (Å²) < 4.78 is 44.7. The topological polar surface area (TPSA) is 53.2 Å². The highest BCUT2D eigenvalue weighted by molar-refractivity contribution is 5.43. The first-order valence-electron chi connectivity index (χ1n) is 5.97. The quantitative estimate of drug-likeness (QED) is 0.942. The molecule has 3 nitrogen and oxygen atoms in total. The van der Waals surface area contributed by atoms with Crippen molar-refractivity contribution >= 4 is 0 Å². The lowest BCUT2D eigenvalue weighted by molar-refractivity contribution is 0.104. The Balaban J connectivity index is 2.13. The van der Waals surface area contributed by atoms with Crippen LogP contribution in [-0.2, 0) is 0 Å². The fraction of sp³-hybridized carbons (Fsp3) is 0.133. The number of hydrogen-bond acceptors (Lipinski definition) is 3. The summed E-state index contributed by atoms with van der Waals surface area (Å²) in [6, 6.07) is 8.18. The van der Waals surface area contributed by atoms with Crippen molar-refractivity contribution in [1.82, 2.24) is 0 Å². The Morgan fingerprint density at radius 2 is 1.90 bits per heavy atom. The van der Waals surface area contributed by atoms with E-state index in [9.17, 15) is 18.3 Å². The number of rotatable bonds is 4. The van der Waals surface area contributed by atoms with Crippen molar-refractivity contribution in [3.05, 3.63) is 65.0 Å².